The van der Waals surface area contributed by atoms with Crippen molar-refractivity contribution >= 4 is 35.1 Å². The second kappa shape index (κ2) is 9.17. The number of anilines is 2. The summed E-state index contributed by atoms with van der Waals surface area (Å²) in [5.74, 6) is -1.70. The molecule has 2 aromatic carbocycles. The summed E-state index contributed by atoms with van der Waals surface area (Å²) in [4.78, 5) is 51.8. The van der Waals surface area contributed by atoms with Crippen LogP contribution in [0.15, 0.2) is 42.5 Å². The first-order chi connectivity index (χ1) is 15.7. The molecule has 0 bridgehead atoms. The zero-order valence-electron chi connectivity index (χ0n) is 19.1. The van der Waals surface area contributed by atoms with Gasteiger partial charge in [0.2, 0.25) is 11.8 Å². The van der Waals surface area contributed by atoms with Gasteiger partial charge >= 0.3 is 5.97 Å². The van der Waals surface area contributed by atoms with Crippen LogP contribution in [0.1, 0.15) is 47.7 Å². The number of esters is 1. The zero-order valence-corrected chi connectivity index (χ0v) is 19.1. The molecule has 33 heavy (non-hydrogen) atoms. The smallest absolute Gasteiger partial charge is 0.338 e. The molecule has 1 aliphatic heterocycles. The van der Waals surface area contributed by atoms with Gasteiger partial charge in [0.15, 0.2) is 6.61 Å². The fourth-order valence-corrected chi connectivity index (χ4v) is 4.87. The van der Waals surface area contributed by atoms with E-state index in [1.807, 2.05) is 32.0 Å². The average molecular weight is 449 g/mol. The maximum absolute atomic E-state index is 12.9. The van der Waals surface area contributed by atoms with E-state index < -0.39 is 18.5 Å². The van der Waals surface area contributed by atoms with E-state index in [4.69, 9.17) is 4.74 Å². The van der Waals surface area contributed by atoms with Crippen LogP contribution in [0.3, 0.4) is 0 Å². The van der Waals surface area contributed by atoms with Crippen molar-refractivity contribution in [2.45, 2.75) is 40.0 Å². The fraction of sp³-hybridized carbons (Fsp3) is 0.385. The summed E-state index contributed by atoms with van der Waals surface area (Å²) >= 11 is 0. The SMILES string of the molecule is Cc1cc(C)cc(NC(=O)COC(=O)c2cccc(N3C(=O)[C@@H]4CC[C@H](C)C[C@H]4C3=O)c2)c1. The maximum Gasteiger partial charge on any atom is 0.338 e. The summed E-state index contributed by atoms with van der Waals surface area (Å²) in [5.41, 5.74) is 3.20. The largest absolute Gasteiger partial charge is 0.452 e. The number of rotatable bonds is 5. The molecule has 1 aliphatic carbocycles. The number of nitrogens with one attached hydrogen (secondary N) is 1. The van der Waals surface area contributed by atoms with E-state index in [2.05, 4.69) is 12.2 Å². The molecule has 1 N–H and O–H groups in total. The molecule has 3 atom stereocenters. The third kappa shape index (κ3) is 4.82. The van der Waals surface area contributed by atoms with E-state index in [0.717, 1.165) is 17.5 Å². The third-order valence-corrected chi connectivity index (χ3v) is 6.37. The minimum absolute atomic E-state index is 0.176. The van der Waals surface area contributed by atoms with Crippen LogP contribution in [-0.2, 0) is 19.1 Å². The van der Waals surface area contributed by atoms with Crippen LogP contribution in [0.25, 0.3) is 0 Å². The quantitative estimate of drug-likeness (QED) is 0.551. The summed E-state index contributed by atoms with van der Waals surface area (Å²) in [7, 11) is 0. The number of benzene rings is 2. The Hall–Kier alpha value is -3.48. The predicted octanol–water partition coefficient (Wildman–Crippen LogP) is 4.02. The first kappa shape index (κ1) is 22.7. The van der Waals surface area contributed by atoms with Crippen molar-refractivity contribution in [2.75, 3.05) is 16.8 Å². The van der Waals surface area contributed by atoms with Crippen LogP contribution in [0.5, 0.6) is 0 Å². The highest BCUT2D eigenvalue weighted by molar-refractivity contribution is 6.22. The first-order valence-electron chi connectivity index (χ1n) is 11.3. The number of amides is 3. The second-order valence-electron chi connectivity index (χ2n) is 9.19. The second-order valence-corrected chi connectivity index (χ2v) is 9.19. The number of nitrogens with zero attached hydrogens (tertiary/aromatic N) is 1. The summed E-state index contributed by atoms with van der Waals surface area (Å²) in [6.07, 6.45) is 2.36. The molecule has 1 heterocycles. The Labute approximate surface area is 193 Å². The van der Waals surface area contributed by atoms with Gasteiger partial charge < -0.3 is 10.1 Å². The molecule has 2 aliphatic rings. The van der Waals surface area contributed by atoms with E-state index in [9.17, 15) is 19.2 Å². The molecule has 0 unspecified atom stereocenters. The molecule has 0 spiro atoms. The average Bonchev–Trinajstić information content (AvgIpc) is 3.00. The Balaban J connectivity index is 1.41. The van der Waals surface area contributed by atoms with Crippen LogP contribution in [0, 0.1) is 31.6 Å². The summed E-state index contributed by atoms with van der Waals surface area (Å²) in [5, 5.41) is 2.72. The van der Waals surface area contributed by atoms with Crippen LogP contribution >= 0.6 is 0 Å². The number of fused-ring (bicyclic) bond motifs is 1. The molecule has 172 valence electrons. The molecule has 3 amide bonds. The van der Waals surface area contributed by atoms with Crippen LogP contribution < -0.4 is 10.2 Å². The van der Waals surface area contributed by atoms with E-state index in [-0.39, 0.29) is 29.2 Å². The molecule has 2 aromatic rings. The molecular weight excluding hydrogens is 420 g/mol. The van der Waals surface area contributed by atoms with E-state index in [1.165, 1.54) is 17.0 Å². The van der Waals surface area contributed by atoms with Gasteiger partial charge in [0, 0.05) is 5.69 Å². The van der Waals surface area contributed by atoms with Crippen molar-refractivity contribution in [1.82, 2.24) is 0 Å². The van der Waals surface area contributed by atoms with Crippen LogP contribution in [0.2, 0.25) is 0 Å². The van der Waals surface area contributed by atoms with Crippen molar-refractivity contribution in [3.8, 4) is 0 Å². The number of aryl methyl sites for hydroxylation is 2. The lowest BCUT2D eigenvalue weighted by Gasteiger charge is -2.25. The number of imide groups is 1. The predicted molar refractivity (Wildman–Crippen MR) is 124 cm³/mol. The van der Waals surface area contributed by atoms with Gasteiger partial charge in [0.25, 0.3) is 5.91 Å². The number of carbonyl (C=O) groups excluding carboxylic acids is 4. The molecule has 4 rings (SSSR count). The zero-order chi connectivity index (χ0) is 23.7. The highest BCUT2D eigenvalue weighted by atomic mass is 16.5. The highest BCUT2D eigenvalue weighted by Gasteiger charge is 2.50. The lowest BCUT2D eigenvalue weighted by Crippen LogP contribution is -2.31. The van der Waals surface area contributed by atoms with Gasteiger partial charge in [-0.3, -0.25) is 19.3 Å². The Bertz CT molecular complexity index is 1110. The van der Waals surface area contributed by atoms with Crippen LogP contribution in [-0.4, -0.2) is 30.3 Å². The van der Waals surface area contributed by atoms with Gasteiger partial charge in [0.05, 0.1) is 23.1 Å². The summed E-state index contributed by atoms with van der Waals surface area (Å²) < 4.78 is 5.16. The maximum atomic E-state index is 12.9. The van der Waals surface area contributed by atoms with Crippen LogP contribution in [0.4, 0.5) is 11.4 Å². The van der Waals surface area contributed by atoms with Crippen molar-refractivity contribution in [3.63, 3.8) is 0 Å². The Kier molecular flexibility index (Phi) is 6.31. The van der Waals surface area contributed by atoms with E-state index >= 15 is 0 Å². The number of ether oxygens (including phenoxy) is 1. The molecule has 1 saturated carbocycles. The molecule has 2 fully saturated rings. The van der Waals surface area contributed by atoms with Crippen molar-refractivity contribution in [3.05, 3.63) is 59.2 Å². The van der Waals surface area contributed by atoms with E-state index in [1.54, 1.807) is 12.1 Å². The molecule has 1 saturated heterocycles. The lowest BCUT2D eigenvalue weighted by atomic mass is 9.76. The van der Waals surface area contributed by atoms with Gasteiger partial charge in [-0.25, -0.2) is 4.79 Å². The van der Waals surface area contributed by atoms with Gasteiger partial charge in [-0.2, -0.15) is 0 Å². The normalized spacial score (nSPS) is 22.2. The minimum Gasteiger partial charge on any atom is -0.452 e. The topological polar surface area (TPSA) is 92.8 Å². The van der Waals surface area contributed by atoms with Gasteiger partial charge in [-0.15, -0.1) is 0 Å². The molecule has 7 nitrogen and oxygen atoms in total. The lowest BCUT2D eigenvalue weighted by molar-refractivity contribution is -0.122. The minimum atomic E-state index is -0.697. The fourth-order valence-electron chi connectivity index (χ4n) is 4.87. The summed E-state index contributed by atoms with van der Waals surface area (Å²) in [6, 6.07) is 11.9. The Morgan fingerprint density at radius 3 is 2.42 bits per heavy atom. The number of hydrogen-bond donors (Lipinski definition) is 1. The molecule has 0 aromatic heterocycles. The van der Waals surface area contributed by atoms with E-state index in [0.29, 0.717) is 30.1 Å². The Morgan fingerprint density at radius 1 is 1.00 bits per heavy atom. The van der Waals surface area contributed by atoms with Crippen molar-refractivity contribution in [1.29, 1.82) is 0 Å². The Morgan fingerprint density at radius 2 is 1.70 bits per heavy atom. The van der Waals surface area contributed by atoms with Crippen molar-refractivity contribution in [2.24, 2.45) is 17.8 Å². The number of hydrogen-bond acceptors (Lipinski definition) is 5. The molecular formula is C26H28N2O5. The third-order valence-electron chi connectivity index (χ3n) is 6.37. The van der Waals surface area contributed by atoms with Gasteiger partial charge in [0.1, 0.15) is 0 Å². The highest BCUT2D eigenvalue weighted by Crippen LogP contribution is 2.42. The first-order valence-corrected chi connectivity index (χ1v) is 11.3. The molecule has 7 heteroatoms. The van der Waals surface area contributed by atoms with Crippen molar-refractivity contribution < 1.29 is 23.9 Å². The number of carbonyl (C=O) groups is 4. The van der Waals surface area contributed by atoms with Gasteiger partial charge in [-0.05, 0) is 80.5 Å². The monoisotopic (exact) mass is 448 g/mol. The van der Waals surface area contributed by atoms with Gasteiger partial charge in [-0.1, -0.05) is 19.1 Å². The molecule has 0 radical (unpaired) electrons. The summed E-state index contributed by atoms with van der Waals surface area (Å²) in [6.45, 7) is 5.52. The standard InChI is InChI=1S/C26H28N2O5/c1-15-7-8-21-22(12-15)25(31)28(24(21)30)20-6-4-5-18(13-20)26(32)33-14-23(29)27-19-10-16(2)9-17(3)11-19/h4-6,9-11,13,15,21-22H,7-8,12,14H2,1-3H3,(H,27,29)/t15-,21+,22+/m0/s1.